The molecule has 0 radical (unpaired) electrons. The van der Waals surface area contributed by atoms with Crippen molar-refractivity contribution in [2.45, 2.75) is 25.5 Å². The molecule has 0 saturated carbocycles. The lowest BCUT2D eigenvalue weighted by atomic mass is 10.3. The third-order valence-electron chi connectivity index (χ3n) is 2.06. The van der Waals surface area contributed by atoms with Gasteiger partial charge in [-0.15, -0.1) is 11.8 Å². The standard InChI is InChI=1S/C14H19FO3S/c1-14(2,3)19-10-13(16)18-9-8-17-12-7-5-4-6-11(12)15/h4-7H,8-10H2,1-3H3. The van der Waals surface area contributed by atoms with E-state index < -0.39 is 5.82 Å². The van der Waals surface area contributed by atoms with Crippen LogP contribution in [0, 0.1) is 5.82 Å². The summed E-state index contributed by atoms with van der Waals surface area (Å²) < 4.78 is 23.4. The molecule has 0 spiro atoms. The Morgan fingerprint density at radius 1 is 1.26 bits per heavy atom. The van der Waals surface area contributed by atoms with E-state index in [4.69, 9.17) is 9.47 Å². The molecule has 0 amide bonds. The first-order valence-electron chi connectivity index (χ1n) is 6.05. The topological polar surface area (TPSA) is 35.5 Å². The fraction of sp³-hybridized carbons (Fsp3) is 0.500. The number of carbonyl (C=O) groups excluding carboxylic acids is 1. The Morgan fingerprint density at radius 2 is 1.95 bits per heavy atom. The van der Waals surface area contributed by atoms with Gasteiger partial charge in [-0.25, -0.2) is 4.39 Å². The highest BCUT2D eigenvalue weighted by Crippen LogP contribution is 2.22. The van der Waals surface area contributed by atoms with Crippen molar-refractivity contribution >= 4 is 17.7 Å². The summed E-state index contributed by atoms with van der Waals surface area (Å²) in [6.07, 6.45) is 0. The molecule has 0 fully saturated rings. The normalized spacial score (nSPS) is 11.2. The van der Waals surface area contributed by atoms with E-state index in [1.54, 1.807) is 12.1 Å². The van der Waals surface area contributed by atoms with Gasteiger partial charge >= 0.3 is 5.97 Å². The van der Waals surface area contributed by atoms with Gasteiger partial charge in [-0.1, -0.05) is 32.9 Å². The van der Waals surface area contributed by atoms with Crippen LogP contribution in [0.1, 0.15) is 20.8 Å². The SMILES string of the molecule is CC(C)(C)SCC(=O)OCCOc1ccccc1F. The van der Waals surface area contributed by atoms with Crippen molar-refractivity contribution in [1.82, 2.24) is 0 Å². The number of rotatable bonds is 6. The summed E-state index contributed by atoms with van der Waals surface area (Å²) >= 11 is 1.52. The Labute approximate surface area is 117 Å². The van der Waals surface area contributed by atoms with Crippen LogP contribution in [0.15, 0.2) is 24.3 Å². The van der Waals surface area contributed by atoms with Gasteiger partial charge in [-0.05, 0) is 12.1 Å². The Kier molecular flexibility index (Phi) is 6.15. The molecule has 106 valence electrons. The van der Waals surface area contributed by atoms with Gasteiger partial charge in [0.1, 0.15) is 13.2 Å². The monoisotopic (exact) mass is 286 g/mol. The van der Waals surface area contributed by atoms with E-state index >= 15 is 0 Å². The van der Waals surface area contributed by atoms with Crippen molar-refractivity contribution in [2.24, 2.45) is 0 Å². The lowest BCUT2D eigenvalue weighted by Crippen LogP contribution is -2.17. The van der Waals surface area contributed by atoms with Crippen LogP contribution in [-0.2, 0) is 9.53 Å². The van der Waals surface area contributed by atoms with Crippen LogP contribution in [-0.4, -0.2) is 29.7 Å². The molecule has 19 heavy (non-hydrogen) atoms. The van der Waals surface area contributed by atoms with Gasteiger partial charge < -0.3 is 9.47 Å². The van der Waals surface area contributed by atoms with Crippen LogP contribution in [0.25, 0.3) is 0 Å². The Morgan fingerprint density at radius 3 is 2.58 bits per heavy atom. The molecule has 0 N–H and O–H groups in total. The Hall–Kier alpha value is -1.23. The van der Waals surface area contributed by atoms with E-state index in [0.717, 1.165) is 0 Å². The highest BCUT2D eigenvalue weighted by atomic mass is 32.2. The third-order valence-corrected chi connectivity index (χ3v) is 3.31. The summed E-state index contributed by atoms with van der Waals surface area (Å²) in [6.45, 7) is 6.37. The number of ether oxygens (including phenoxy) is 2. The van der Waals surface area contributed by atoms with Crippen molar-refractivity contribution in [2.75, 3.05) is 19.0 Å². The van der Waals surface area contributed by atoms with Crippen LogP contribution in [0.5, 0.6) is 5.75 Å². The van der Waals surface area contributed by atoms with Crippen molar-refractivity contribution in [3.8, 4) is 5.75 Å². The zero-order valence-electron chi connectivity index (χ0n) is 11.4. The van der Waals surface area contributed by atoms with Gasteiger partial charge in [-0.2, -0.15) is 0 Å². The van der Waals surface area contributed by atoms with E-state index in [2.05, 4.69) is 0 Å². The predicted molar refractivity (Wildman–Crippen MR) is 75.1 cm³/mol. The van der Waals surface area contributed by atoms with Gasteiger partial charge in [0.25, 0.3) is 0 Å². The molecule has 0 atom stereocenters. The maximum atomic E-state index is 13.2. The van der Waals surface area contributed by atoms with Crippen LogP contribution < -0.4 is 4.74 Å². The summed E-state index contributed by atoms with van der Waals surface area (Å²) in [5, 5.41) is 0. The number of halogens is 1. The van der Waals surface area contributed by atoms with Crippen molar-refractivity contribution < 1.29 is 18.7 Å². The highest BCUT2D eigenvalue weighted by molar-refractivity contribution is 8.01. The van der Waals surface area contributed by atoms with Gasteiger partial charge in [0, 0.05) is 4.75 Å². The number of hydrogen-bond donors (Lipinski definition) is 0. The minimum absolute atomic E-state index is 0.0304. The van der Waals surface area contributed by atoms with Gasteiger partial charge in [0.05, 0.1) is 5.75 Å². The number of para-hydroxylation sites is 1. The Balaban J connectivity index is 2.17. The smallest absolute Gasteiger partial charge is 0.316 e. The van der Waals surface area contributed by atoms with Gasteiger partial charge in [0.2, 0.25) is 0 Å². The molecule has 5 heteroatoms. The van der Waals surface area contributed by atoms with Crippen LogP contribution in [0.3, 0.4) is 0 Å². The molecule has 3 nitrogen and oxygen atoms in total. The molecular weight excluding hydrogens is 267 g/mol. The fourth-order valence-electron chi connectivity index (χ4n) is 1.19. The van der Waals surface area contributed by atoms with E-state index in [9.17, 15) is 9.18 Å². The van der Waals surface area contributed by atoms with Crippen LogP contribution in [0.4, 0.5) is 4.39 Å². The molecular formula is C14H19FO3S. The zero-order chi connectivity index (χ0) is 14.3. The zero-order valence-corrected chi connectivity index (χ0v) is 12.3. The van der Waals surface area contributed by atoms with Crippen molar-refractivity contribution in [3.05, 3.63) is 30.1 Å². The first kappa shape index (κ1) is 15.8. The highest BCUT2D eigenvalue weighted by Gasteiger charge is 2.14. The third kappa shape index (κ3) is 7.06. The molecule has 1 aromatic rings. The molecule has 0 aliphatic heterocycles. The van der Waals surface area contributed by atoms with E-state index in [0.29, 0.717) is 5.75 Å². The average Bonchev–Trinajstić information content (AvgIpc) is 2.33. The van der Waals surface area contributed by atoms with E-state index in [-0.39, 0.29) is 29.7 Å². The van der Waals surface area contributed by atoms with E-state index in [1.807, 2.05) is 20.8 Å². The molecule has 1 rings (SSSR count). The second-order valence-corrected chi connectivity index (χ2v) is 6.70. The second-order valence-electron chi connectivity index (χ2n) is 4.90. The first-order valence-corrected chi connectivity index (χ1v) is 7.04. The summed E-state index contributed by atoms with van der Waals surface area (Å²) in [4.78, 5) is 11.4. The predicted octanol–water partition coefficient (Wildman–Crippen LogP) is 3.28. The van der Waals surface area contributed by atoms with Gasteiger partial charge in [-0.3, -0.25) is 4.79 Å². The maximum absolute atomic E-state index is 13.2. The average molecular weight is 286 g/mol. The summed E-state index contributed by atoms with van der Waals surface area (Å²) in [5.74, 6) is -0.222. The second kappa shape index (κ2) is 7.38. The van der Waals surface area contributed by atoms with E-state index in [1.165, 1.54) is 23.9 Å². The molecule has 0 heterocycles. The molecule has 0 saturated heterocycles. The summed E-state index contributed by atoms with van der Waals surface area (Å²) in [6, 6.07) is 6.13. The minimum Gasteiger partial charge on any atom is -0.487 e. The molecule has 0 aliphatic carbocycles. The van der Waals surface area contributed by atoms with Gasteiger partial charge in [0.15, 0.2) is 11.6 Å². The number of esters is 1. The lowest BCUT2D eigenvalue weighted by Gasteiger charge is -2.16. The quantitative estimate of drug-likeness (QED) is 0.594. The number of hydrogen-bond acceptors (Lipinski definition) is 4. The number of benzene rings is 1. The molecule has 0 aromatic heterocycles. The number of thioether (sulfide) groups is 1. The minimum atomic E-state index is -0.419. The molecule has 0 aliphatic rings. The summed E-state index contributed by atoms with van der Waals surface area (Å²) in [7, 11) is 0. The van der Waals surface area contributed by atoms with Crippen LogP contribution >= 0.6 is 11.8 Å². The maximum Gasteiger partial charge on any atom is 0.316 e. The largest absolute Gasteiger partial charge is 0.487 e. The fourth-order valence-corrected chi connectivity index (χ4v) is 1.82. The number of carbonyl (C=O) groups is 1. The lowest BCUT2D eigenvalue weighted by molar-refractivity contribution is -0.141. The van der Waals surface area contributed by atoms with Crippen molar-refractivity contribution in [1.29, 1.82) is 0 Å². The summed E-state index contributed by atoms with van der Waals surface area (Å²) in [5.41, 5.74) is 0. The molecule has 0 bridgehead atoms. The first-order chi connectivity index (χ1) is 8.88. The molecule has 1 aromatic carbocycles. The van der Waals surface area contributed by atoms with Crippen LogP contribution in [0.2, 0.25) is 0 Å². The van der Waals surface area contributed by atoms with Crippen molar-refractivity contribution in [3.63, 3.8) is 0 Å². The molecule has 0 unspecified atom stereocenters. The Bertz CT molecular complexity index is 415.